The van der Waals surface area contributed by atoms with E-state index < -0.39 is 35.2 Å². The van der Waals surface area contributed by atoms with E-state index >= 15 is 0 Å². The number of amides is 1. The Kier molecular flexibility index (Phi) is 13.9. The monoisotopic (exact) mass is 967 g/mol. The molecule has 16 heteroatoms. The molecule has 1 amide bonds. The molecule has 9 nitrogen and oxygen atoms in total. The van der Waals surface area contributed by atoms with Gasteiger partial charge in [-0.3, -0.25) is 19.8 Å². The zero-order valence-electron chi connectivity index (χ0n) is 32.5. The summed E-state index contributed by atoms with van der Waals surface area (Å²) < 4.78 is 77.6. The third-order valence-corrected chi connectivity index (χ3v) is 9.97. The number of halogens is 7. The number of carbonyl (C=O) groups excluding carboxylic acids is 2. The minimum absolute atomic E-state index is 0.0217. The van der Waals surface area contributed by atoms with Crippen LogP contribution in [0, 0.1) is 27.8 Å². The van der Waals surface area contributed by atoms with Crippen LogP contribution in [0.2, 0.25) is 0 Å². The molecular weight excluding hydrogens is 935 g/mol. The van der Waals surface area contributed by atoms with E-state index in [1.807, 2.05) is 36.4 Å². The van der Waals surface area contributed by atoms with Crippen LogP contribution in [0.3, 0.4) is 0 Å². The highest BCUT2D eigenvalue weighted by atomic mass is 127. The van der Waals surface area contributed by atoms with Crippen molar-refractivity contribution in [3.8, 4) is 24.2 Å². The zero-order chi connectivity index (χ0) is 45.3. The van der Waals surface area contributed by atoms with Gasteiger partial charge in [-0.05, 0) is 113 Å². The van der Waals surface area contributed by atoms with E-state index in [0.29, 0.717) is 33.9 Å². The Labute approximate surface area is 369 Å². The molecule has 0 unspecified atom stereocenters. The van der Waals surface area contributed by atoms with Crippen molar-refractivity contribution in [2.45, 2.75) is 18.8 Å². The van der Waals surface area contributed by atoms with Crippen LogP contribution in [0.1, 0.15) is 54.1 Å². The molecule has 0 radical (unpaired) electrons. The van der Waals surface area contributed by atoms with Crippen molar-refractivity contribution in [3.63, 3.8) is 0 Å². The predicted molar refractivity (Wildman–Crippen MR) is 239 cm³/mol. The van der Waals surface area contributed by atoms with Gasteiger partial charge in [-0.15, -0.1) is 6.42 Å². The van der Waals surface area contributed by atoms with E-state index in [9.17, 15) is 35.9 Å². The van der Waals surface area contributed by atoms with Gasteiger partial charge in [0.25, 0.3) is 5.91 Å². The molecule has 0 aliphatic rings. The Morgan fingerprint density at radius 2 is 1.22 bits per heavy atom. The van der Waals surface area contributed by atoms with Crippen molar-refractivity contribution in [2.75, 3.05) is 16.8 Å². The normalized spacial score (nSPS) is 11.0. The number of Topliss-reactive ketones (excluding diaryl/α,β-unsaturated/α-hetero) is 1. The number of alkyl halides is 6. The van der Waals surface area contributed by atoms with Crippen LogP contribution >= 0.6 is 22.6 Å². The number of nitrogens with zero attached hydrogens (tertiary/aromatic N) is 2. The highest BCUT2D eigenvalue weighted by molar-refractivity contribution is 14.1. The first kappa shape index (κ1) is 45.0. The molecule has 0 aliphatic carbocycles. The lowest BCUT2D eigenvalue weighted by atomic mass is 10.00. The SMILES string of the molecule is C#Cc1cccc(C(=O)Nc2cccc(C(F)(F)F)c2)c1.Nc1n[nH]c2cccc(C#Cc3cccc(CC(=O)c4cccc(C(F)(F)F)c4)c3)c12.Nc1n[nH]c2cccc(I)c12. The largest absolute Gasteiger partial charge is 0.416 e. The molecule has 6 aromatic carbocycles. The number of hydrogen-bond acceptors (Lipinski definition) is 6. The summed E-state index contributed by atoms with van der Waals surface area (Å²) in [6.07, 6.45) is -3.74. The third-order valence-electron chi connectivity index (χ3n) is 9.07. The molecule has 8 aromatic rings. The summed E-state index contributed by atoms with van der Waals surface area (Å²) in [4.78, 5) is 24.5. The van der Waals surface area contributed by atoms with Crippen molar-refractivity contribution >= 4 is 73.4 Å². The Hall–Kier alpha value is -7.57. The number of aromatic nitrogens is 4. The average Bonchev–Trinajstić information content (AvgIpc) is 3.85. The molecule has 0 atom stereocenters. The number of ketones is 1. The summed E-state index contributed by atoms with van der Waals surface area (Å²) in [5.74, 6) is 8.52. The fourth-order valence-electron chi connectivity index (χ4n) is 6.04. The van der Waals surface area contributed by atoms with Gasteiger partial charge in [-0.25, -0.2) is 0 Å². The molecule has 8 rings (SSSR count). The molecule has 63 heavy (non-hydrogen) atoms. The zero-order valence-corrected chi connectivity index (χ0v) is 34.7. The van der Waals surface area contributed by atoms with Crippen LogP contribution in [-0.2, 0) is 18.8 Å². The quantitative estimate of drug-likeness (QED) is 0.0501. The number of carbonyl (C=O) groups is 2. The maximum Gasteiger partial charge on any atom is 0.416 e. The number of rotatable bonds is 5. The molecular formula is C47H32F6IN7O2. The van der Waals surface area contributed by atoms with Gasteiger partial charge in [0.15, 0.2) is 17.4 Å². The number of anilines is 3. The van der Waals surface area contributed by atoms with Gasteiger partial charge >= 0.3 is 12.4 Å². The van der Waals surface area contributed by atoms with Crippen LogP contribution in [0.15, 0.2) is 133 Å². The van der Waals surface area contributed by atoms with Gasteiger partial charge in [0, 0.05) is 43.5 Å². The van der Waals surface area contributed by atoms with Crippen LogP contribution in [0.25, 0.3) is 21.8 Å². The van der Waals surface area contributed by atoms with Gasteiger partial charge in [0.2, 0.25) is 0 Å². The molecule has 0 fully saturated rings. The smallest absolute Gasteiger partial charge is 0.382 e. The van der Waals surface area contributed by atoms with Crippen molar-refractivity contribution in [2.24, 2.45) is 0 Å². The minimum Gasteiger partial charge on any atom is -0.382 e. The Balaban J connectivity index is 0.000000177. The second-order valence-corrected chi connectivity index (χ2v) is 14.7. The lowest BCUT2D eigenvalue weighted by molar-refractivity contribution is -0.138. The summed E-state index contributed by atoms with van der Waals surface area (Å²) in [6, 6.07) is 33.7. The fraction of sp³-hybridized carbons (Fsp3) is 0.0638. The molecule has 0 spiro atoms. The van der Waals surface area contributed by atoms with Gasteiger partial charge < -0.3 is 16.8 Å². The lowest BCUT2D eigenvalue weighted by Crippen LogP contribution is -2.13. The highest BCUT2D eigenvalue weighted by Crippen LogP contribution is 2.32. The summed E-state index contributed by atoms with van der Waals surface area (Å²) in [7, 11) is 0. The van der Waals surface area contributed by atoms with E-state index in [1.165, 1.54) is 36.4 Å². The number of nitrogens with one attached hydrogen (secondary N) is 3. The van der Waals surface area contributed by atoms with Gasteiger partial charge in [0.1, 0.15) is 0 Å². The molecule has 0 aliphatic heterocycles. The second-order valence-electron chi connectivity index (χ2n) is 13.5. The maximum atomic E-state index is 12.9. The minimum atomic E-state index is -4.49. The van der Waals surface area contributed by atoms with Gasteiger partial charge in [-0.2, -0.15) is 36.5 Å². The number of nitrogens with two attached hydrogens (primary N) is 2. The number of fused-ring (bicyclic) bond motifs is 2. The Morgan fingerprint density at radius 1 is 0.651 bits per heavy atom. The van der Waals surface area contributed by atoms with E-state index in [2.05, 4.69) is 66.1 Å². The van der Waals surface area contributed by atoms with Crippen LogP contribution in [0.4, 0.5) is 43.7 Å². The topological polar surface area (TPSA) is 156 Å². The number of terminal acetylenes is 1. The van der Waals surface area contributed by atoms with Crippen LogP contribution in [0.5, 0.6) is 0 Å². The molecule has 2 heterocycles. The number of benzene rings is 6. The van der Waals surface area contributed by atoms with E-state index in [1.54, 1.807) is 36.4 Å². The van der Waals surface area contributed by atoms with Gasteiger partial charge in [-0.1, -0.05) is 66.3 Å². The summed E-state index contributed by atoms with van der Waals surface area (Å²) in [5, 5.41) is 17.8. The third kappa shape index (κ3) is 11.6. The van der Waals surface area contributed by atoms with Gasteiger partial charge in [0.05, 0.1) is 32.9 Å². The van der Waals surface area contributed by atoms with Crippen LogP contribution < -0.4 is 16.8 Å². The van der Waals surface area contributed by atoms with E-state index in [0.717, 1.165) is 49.6 Å². The van der Waals surface area contributed by atoms with Crippen molar-refractivity contribution in [3.05, 3.63) is 182 Å². The highest BCUT2D eigenvalue weighted by Gasteiger charge is 2.31. The number of aromatic amines is 2. The number of H-pyrrole nitrogens is 2. The summed E-state index contributed by atoms with van der Waals surface area (Å²) in [6.45, 7) is 0. The molecule has 0 bridgehead atoms. The first-order valence-corrected chi connectivity index (χ1v) is 19.6. The molecule has 2 aromatic heterocycles. The predicted octanol–water partition coefficient (Wildman–Crippen LogP) is 10.7. The summed E-state index contributed by atoms with van der Waals surface area (Å²) in [5.41, 5.74) is 14.6. The number of nitrogen functional groups attached to an aromatic ring is 2. The lowest BCUT2D eigenvalue weighted by Gasteiger charge is -2.10. The molecule has 0 saturated carbocycles. The molecule has 7 N–H and O–H groups in total. The Morgan fingerprint density at radius 3 is 1.90 bits per heavy atom. The standard InChI is InChI=1S/C24H16F3N3O.C16H10F3NO.C7H6IN3/c25-24(26,27)19-8-2-7-18(14-19)21(31)13-16-5-1-4-15(12-16)10-11-17-6-3-9-20-22(17)23(28)30-29-20;1-2-11-5-3-6-12(9-11)15(21)20-14-8-4-7-13(10-14)16(17,18)19;8-4-2-1-3-5-6(4)7(9)11-10-5/h1-9,12,14H,13H2,(H3,28,29,30);1,3-10H,(H,20,21);1-3H,(H3,9,10,11). The van der Waals surface area contributed by atoms with Crippen molar-refractivity contribution in [1.82, 2.24) is 20.4 Å². The molecule has 0 saturated heterocycles. The second kappa shape index (κ2) is 19.4. The average molecular weight is 968 g/mol. The van der Waals surface area contributed by atoms with Crippen molar-refractivity contribution < 1.29 is 35.9 Å². The molecule has 316 valence electrons. The first-order chi connectivity index (χ1) is 30.0. The maximum absolute atomic E-state index is 12.9. The van der Waals surface area contributed by atoms with Crippen molar-refractivity contribution in [1.29, 1.82) is 0 Å². The van der Waals surface area contributed by atoms with Crippen LogP contribution in [-0.4, -0.2) is 32.1 Å². The number of hydrogen-bond donors (Lipinski definition) is 5. The first-order valence-electron chi connectivity index (χ1n) is 18.5. The van der Waals surface area contributed by atoms with E-state index in [4.69, 9.17) is 17.9 Å². The van der Waals surface area contributed by atoms with E-state index in [-0.39, 0.29) is 23.2 Å². The summed E-state index contributed by atoms with van der Waals surface area (Å²) >= 11 is 2.24. The Bertz CT molecular complexity index is 3070. The fourth-order valence-corrected chi connectivity index (χ4v) is 6.81.